The number of carbonyl (C=O) groups is 2. The molecule has 1 saturated heterocycles. The topological polar surface area (TPSA) is 87.5 Å². The summed E-state index contributed by atoms with van der Waals surface area (Å²) in [4.78, 5) is 26.0. The minimum Gasteiger partial charge on any atom is -0.338 e. The second-order valence-electron chi connectivity index (χ2n) is 6.17. The van der Waals surface area contributed by atoms with Crippen LogP contribution in [0.5, 0.6) is 0 Å². The standard InChI is InChI=1S/C19H22N4O2/c1-13-6-8-14(9-7-13)17(20)18(24)22-15-4-2-5-16(12-15)23-11-3-10-21-19(23)25/h2,4-9,12,17H,3,10-11,20H2,1H3,(H,21,25)(H,22,24). The Morgan fingerprint density at radius 2 is 2.00 bits per heavy atom. The van der Waals surface area contributed by atoms with E-state index in [-0.39, 0.29) is 11.9 Å². The number of urea groups is 1. The molecular weight excluding hydrogens is 316 g/mol. The fourth-order valence-electron chi connectivity index (χ4n) is 2.77. The van der Waals surface area contributed by atoms with Gasteiger partial charge in [0, 0.05) is 24.5 Å². The molecule has 25 heavy (non-hydrogen) atoms. The van der Waals surface area contributed by atoms with Gasteiger partial charge < -0.3 is 16.4 Å². The third kappa shape index (κ3) is 3.97. The molecule has 6 nitrogen and oxygen atoms in total. The summed E-state index contributed by atoms with van der Waals surface area (Å²) in [6.07, 6.45) is 0.890. The van der Waals surface area contributed by atoms with Gasteiger partial charge in [0.15, 0.2) is 0 Å². The van der Waals surface area contributed by atoms with Gasteiger partial charge in [-0.05, 0) is 37.1 Å². The highest BCUT2D eigenvalue weighted by atomic mass is 16.2. The first-order chi connectivity index (χ1) is 12.0. The highest BCUT2D eigenvalue weighted by molar-refractivity contribution is 5.97. The van der Waals surface area contributed by atoms with Crippen molar-refractivity contribution >= 4 is 23.3 Å². The van der Waals surface area contributed by atoms with Crippen LogP contribution in [0, 0.1) is 6.92 Å². The zero-order valence-corrected chi connectivity index (χ0v) is 14.2. The summed E-state index contributed by atoms with van der Waals surface area (Å²) in [6.45, 7) is 3.33. The van der Waals surface area contributed by atoms with Crippen LogP contribution >= 0.6 is 0 Å². The number of hydrogen-bond acceptors (Lipinski definition) is 3. The van der Waals surface area contributed by atoms with Crippen molar-refractivity contribution in [1.82, 2.24) is 5.32 Å². The number of rotatable bonds is 4. The number of nitrogens with one attached hydrogen (secondary N) is 2. The van der Waals surface area contributed by atoms with Crippen LogP contribution in [0.2, 0.25) is 0 Å². The van der Waals surface area contributed by atoms with Crippen molar-refractivity contribution < 1.29 is 9.59 Å². The Labute approximate surface area is 147 Å². The first kappa shape index (κ1) is 17.0. The van der Waals surface area contributed by atoms with Gasteiger partial charge >= 0.3 is 6.03 Å². The predicted molar refractivity (Wildman–Crippen MR) is 98.5 cm³/mol. The van der Waals surface area contributed by atoms with Crippen LogP contribution in [0.25, 0.3) is 0 Å². The minimum atomic E-state index is -0.748. The van der Waals surface area contributed by atoms with E-state index in [0.29, 0.717) is 18.8 Å². The lowest BCUT2D eigenvalue weighted by Crippen LogP contribution is -2.46. The molecule has 3 rings (SSSR count). The Kier molecular flexibility index (Phi) is 5.00. The van der Waals surface area contributed by atoms with Gasteiger partial charge in [0.2, 0.25) is 5.91 Å². The Morgan fingerprint density at radius 1 is 1.24 bits per heavy atom. The number of aryl methyl sites for hydroxylation is 1. The maximum atomic E-state index is 12.4. The quantitative estimate of drug-likeness (QED) is 0.800. The molecule has 1 fully saturated rings. The molecule has 3 amide bonds. The Bertz CT molecular complexity index is 773. The Morgan fingerprint density at radius 3 is 2.72 bits per heavy atom. The van der Waals surface area contributed by atoms with E-state index in [4.69, 9.17) is 5.73 Å². The predicted octanol–water partition coefficient (Wildman–Crippen LogP) is 2.55. The van der Waals surface area contributed by atoms with Gasteiger partial charge in [0.05, 0.1) is 0 Å². The van der Waals surface area contributed by atoms with Crippen molar-refractivity contribution in [3.05, 3.63) is 59.7 Å². The zero-order valence-electron chi connectivity index (χ0n) is 14.2. The molecule has 0 aliphatic carbocycles. The van der Waals surface area contributed by atoms with Crippen LogP contribution < -0.4 is 21.3 Å². The molecule has 2 aromatic carbocycles. The van der Waals surface area contributed by atoms with E-state index in [1.165, 1.54) is 0 Å². The lowest BCUT2D eigenvalue weighted by molar-refractivity contribution is -0.117. The number of amides is 3. The minimum absolute atomic E-state index is 0.119. The van der Waals surface area contributed by atoms with Crippen LogP contribution in [0.15, 0.2) is 48.5 Å². The summed E-state index contributed by atoms with van der Waals surface area (Å²) in [5.74, 6) is -0.288. The summed E-state index contributed by atoms with van der Waals surface area (Å²) >= 11 is 0. The summed E-state index contributed by atoms with van der Waals surface area (Å²) < 4.78 is 0. The van der Waals surface area contributed by atoms with Gasteiger partial charge in [-0.1, -0.05) is 35.9 Å². The highest BCUT2D eigenvalue weighted by Gasteiger charge is 2.20. The molecule has 1 atom stereocenters. The van der Waals surface area contributed by atoms with Gasteiger partial charge in [-0.25, -0.2) is 4.79 Å². The zero-order chi connectivity index (χ0) is 17.8. The van der Waals surface area contributed by atoms with Crippen molar-refractivity contribution in [2.24, 2.45) is 5.73 Å². The fourth-order valence-corrected chi connectivity index (χ4v) is 2.77. The van der Waals surface area contributed by atoms with Crippen LogP contribution in [0.1, 0.15) is 23.6 Å². The van der Waals surface area contributed by atoms with Crippen molar-refractivity contribution in [3.63, 3.8) is 0 Å². The number of hydrogen-bond donors (Lipinski definition) is 3. The monoisotopic (exact) mass is 338 g/mol. The Hall–Kier alpha value is -2.86. The molecule has 1 aliphatic rings. The first-order valence-electron chi connectivity index (χ1n) is 8.33. The van der Waals surface area contributed by atoms with E-state index in [1.54, 1.807) is 17.0 Å². The van der Waals surface area contributed by atoms with Gasteiger partial charge in [-0.2, -0.15) is 0 Å². The summed E-state index contributed by atoms with van der Waals surface area (Å²) in [5.41, 5.74) is 9.29. The number of carbonyl (C=O) groups excluding carboxylic acids is 2. The molecule has 0 saturated carbocycles. The number of anilines is 2. The summed E-state index contributed by atoms with van der Waals surface area (Å²) in [5, 5.41) is 5.64. The average molecular weight is 338 g/mol. The van der Waals surface area contributed by atoms with E-state index in [2.05, 4.69) is 10.6 Å². The second-order valence-corrected chi connectivity index (χ2v) is 6.17. The van der Waals surface area contributed by atoms with Gasteiger partial charge in [0.25, 0.3) is 0 Å². The molecule has 0 bridgehead atoms. The normalized spacial score (nSPS) is 15.4. The van der Waals surface area contributed by atoms with Crippen molar-refractivity contribution in [1.29, 1.82) is 0 Å². The van der Waals surface area contributed by atoms with Gasteiger partial charge in [-0.3, -0.25) is 9.69 Å². The molecule has 0 spiro atoms. The van der Waals surface area contributed by atoms with Gasteiger partial charge in [-0.15, -0.1) is 0 Å². The molecular formula is C19H22N4O2. The van der Waals surface area contributed by atoms with Crippen LogP contribution in [0.4, 0.5) is 16.2 Å². The van der Waals surface area contributed by atoms with Crippen LogP contribution in [-0.2, 0) is 4.79 Å². The van der Waals surface area contributed by atoms with Crippen molar-refractivity contribution in [3.8, 4) is 0 Å². The molecule has 1 aliphatic heterocycles. The number of nitrogens with two attached hydrogens (primary N) is 1. The average Bonchev–Trinajstić information content (AvgIpc) is 2.62. The molecule has 130 valence electrons. The van der Waals surface area contributed by atoms with Crippen LogP contribution in [-0.4, -0.2) is 25.0 Å². The maximum Gasteiger partial charge on any atom is 0.321 e. The summed E-state index contributed by atoms with van der Waals surface area (Å²) in [7, 11) is 0. The summed E-state index contributed by atoms with van der Waals surface area (Å²) in [6, 6.07) is 13.9. The van der Waals surface area contributed by atoms with E-state index >= 15 is 0 Å². The highest BCUT2D eigenvalue weighted by Crippen LogP contribution is 2.22. The van der Waals surface area contributed by atoms with E-state index in [1.807, 2.05) is 43.3 Å². The second kappa shape index (κ2) is 7.36. The number of nitrogens with zero attached hydrogens (tertiary/aromatic N) is 1. The molecule has 2 aromatic rings. The Balaban J connectivity index is 1.72. The fraction of sp³-hybridized carbons (Fsp3) is 0.263. The lowest BCUT2D eigenvalue weighted by Gasteiger charge is -2.27. The SMILES string of the molecule is Cc1ccc(C(N)C(=O)Nc2cccc(N3CCCNC3=O)c2)cc1. The molecule has 0 radical (unpaired) electrons. The van der Waals surface area contributed by atoms with E-state index < -0.39 is 6.04 Å². The molecule has 1 heterocycles. The number of benzene rings is 2. The third-order valence-electron chi connectivity index (χ3n) is 4.22. The molecule has 4 N–H and O–H groups in total. The third-order valence-corrected chi connectivity index (χ3v) is 4.22. The van der Waals surface area contributed by atoms with Crippen molar-refractivity contribution in [2.45, 2.75) is 19.4 Å². The maximum absolute atomic E-state index is 12.4. The van der Waals surface area contributed by atoms with Crippen LogP contribution in [0.3, 0.4) is 0 Å². The first-order valence-corrected chi connectivity index (χ1v) is 8.33. The van der Waals surface area contributed by atoms with Gasteiger partial charge in [0.1, 0.15) is 6.04 Å². The smallest absolute Gasteiger partial charge is 0.321 e. The molecule has 6 heteroatoms. The largest absolute Gasteiger partial charge is 0.338 e. The van der Waals surface area contributed by atoms with E-state index in [9.17, 15) is 9.59 Å². The van der Waals surface area contributed by atoms with E-state index in [0.717, 1.165) is 23.2 Å². The molecule has 1 unspecified atom stereocenters. The lowest BCUT2D eigenvalue weighted by atomic mass is 10.1. The molecule has 0 aromatic heterocycles. The van der Waals surface area contributed by atoms with Crippen molar-refractivity contribution in [2.75, 3.05) is 23.3 Å².